The van der Waals surface area contributed by atoms with E-state index < -0.39 is 28.3 Å². The second-order valence-electron chi connectivity index (χ2n) is 7.60. The van der Waals surface area contributed by atoms with Gasteiger partial charge >= 0.3 is 0 Å². The van der Waals surface area contributed by atoms with E-state index in [-0.39, 0.29) is 24.0 Å². The molecule has 176 valence electrons. The van der Waals surface area contributed by atoms with Crippen molar-refractivity contribution in [1.29, 1.82) is 0 Å². The molecule has 0 unspecified atom stereocenters. The quantitative estimate of drug-likeness (QED) is 0.491. The number of nitrogens with one attached hydrogen (secondary N) is 1. The van der Waals surface area contributed by atoms with Crippen LogP contribution in [0.3, 0.4) is 0 Å². The summed E-state index contributed by atoms with van der Waals surface area (Å²) < 4.78 is 51.6. The summed E-state index contributed by atoms with van der Waals surface area (Å²) in [4.78, 5) is 24.3. The molecule has 1 aliphatic rings. The van der Waals surface area contributed by atoms with E-state index in [4.69, 9.17) is 9.47 Å². The maximum Gasteiger partial charge on any atom is 0.243 e. The molecule has 3 aromatic rings. The van der Waals surface area contributed by atoms with Crippen molar-refractivity contribution >= 4 is 27.4 Å². The number of sulfonamides is 1. The topological polar surface area (TPSA) is 102 Å². The van der Waals surface area contributed by atoms with Gasteiger partial charge < -0.3 is 14.8 Å². The number of anilines is 1. The van der Waals surface area contributed by atoms with Gasteiger partial charge in [-0.15, -0.1) is 0 Å². The number of benzene rings is 3. The first kappa shape index (κ1) is 23.4. The van der Waals surface area contributed by atoms with Crippen molar-refractivity contribution in [3.63, 3.8) is 0 Å². The summed E-state index contributed by atoms with van der Waals surface area (Å²) in [5.41, 5.74) is 1.28. The fourth-order valence-electron chi connectivity index (χ4n) is 3.36. The third kappa shape index (κ3) is 5.24. The highest BCUT2D eigenvalue weighted by atomic mass is 32.2. The predicted octanol–water partition coefficient (Wildman–Crippen LogP) is 3.59. The number of fused-ring (bicyclic) bond motifs is 1. The van der Waals surface area contributed by atoms with Crippen molar-refractivity contribution in [2.24, 2.45) is 0 Å². The van der Waals surface area contributed by atoms with Crippen LogP contribution in [0.1, 0.15) is 22.8 Å². The van der Waals surface area contributed by atoms with Gasteiger partial charge in [0.25, 0.3) is 0 Å². The fraction of sp³-hybridized carbons (Fsp3) is 0.167. The van der Waals surface area contributed by atoms with Crippen molar-refractivity contribution in [2.45, 2.75) is 18.4 Å². The first-order chi connectivity index (χ1) is 16.2. The number of carbonyl (C=O) groups is 2. The van der Waals surface area contributed by atoms with Gasteiger partial charge in [0.2, 0.25) is 22.7 Å². The molecule has 0 atom stereocenters. The smallest absolute Gasteiger partial charge is 0.243 e. The minimum atomic E-state index is -4.13. The number of nitrogens with zero attached hydrogens (tertiary/aromatic N) is 1. The van der Waals surface area contributed by atoms with Gasteiger partial charge in [0, 0.05) is 23.9 Å². The van der Waals surface area contributed by atoms with E-state index in [2.05, 4.69) is 5.32 Å². The van der Waals surface area contributed by atoms with Crippen molar-refractivity contribution < 1.29 is 31.9 Å². The molecule has 10 heteroatoms. The average molecular weight is 485 g/mol. The highest BCUT2D eigenvalue weighted by molar-refractivity contribution is 7.89. The Morgan fingerprint density at radius 2 is 1.65 bits per heavy atom. The lowest BCUT2D eigenvalue weighted by Gasteiger charge is -2.22. The molecule has 0 spiro atoms. The summed E-state index contributed by atoms with van der Waals surface area (Å²) in [6.07, 6.45) is 0. The highest BCUT2D eigenvalue weighted by Gasteiger charge is 2.27. The molecule has 3 aromatic carbocycles. The maximum atomic E-state index is 13.4. The average Bonchev–Trinajstić information content (AvgIpc) is 3.28. The number of hydrogen-bond acceptors (Lipinski definition) is 6. The summed E-state index contributed by atoms with van der Waals surface area (Å²) in [6, 6.07) is 15.6. The van der Waals surface area contributed by atoms with Crippen molar-refractivity contribution in [3.05, 3.63) is 83.7 Å². The van der Waals surface area contributed by atoms with Crippen LogP contribution in [0.5, 0.6) is 11.5 Å². The van der Waals surface area contributed by atoms with Crippen molar-refractivity contribution in [2.75, 3.05) is 18.7 Å². The minimum absolute atomic E-state index is 0.0736. The summed E-state index contributed by atoms with van der Waals surface area (Å²) in [7, 11) is -4.13. The van der Waals surface area contributed by atoms with Gasteiger partial charge in [-0.05, 0) is 48.9 Å². The molecule has 1 aliphatic heterocycles. The molecule has 1 amide bonds. The van der Waals surface area contributed by atoms with Crippen molar-refractivity contribution in [1.82, 2.24) is 4.31 Å². The van der Waals surface area contributed by atoms with E-state index in [0.29, 0.717) is 28.3 Å². The van der Waals surface area contributed by atoms with Crippen LogP contribution in [0.2, 0.25) is 0 Å². The third-order valence-corrected chi connectivity index (χ3v) is 6.95. The normalized spacial score (nSPS) is 12.6. The number of carbonyl (C=O) groups excluding carboxylic acids is 2. The largest absolute Gasteiger partial charge is 0.454 e. The second-order valence-corrected chi connectivity index (χ2v) is 9.53. The molecule has 0 radical (unpaired) electrons. The highest BCUT2D eigenvalue weighted by Crippen LogP contribution is 2.34. The Bertz CT molecular complexity index is 1320. The van der Waals surface area contributed by atoms with Crippen LogP contribution in [0.4, 0.5) is 10.1 Å². The van der Waals surface area contributed by atoms with E-state index in [1.54, 1.807) is 18.2 Å². The molecular formula is C24H21FN2O6S. The predicted molar refractivity (Wildman–Crippen MR) is 122 cm³/mol. The van der Waals surface area contributed by atoms with Crippen LogP contribution >= 0.6 is 0 Å². The molecule has 0 fully saturated rings. The Morgan fingerprint density at radius 1 is 0.971 bits per heavy atom. The molecular weight excluding hydrogens is 463 g/mol. The first-order valence-electron chi connectivity index (χ1n) is 10.3. The minimum Gasteiger partial charge on any atom is -0.454 e. The molecule has 0 aliphatic carbocycles. The van der Waals surface area contributed by atoms with Crippen LogP contribution < -0.4 is 14.8 Å². The SMILES string of the molecule is CC(=O)c1ccc(S(=O)(=O)N(CC(=O)Nc2ccc3c(c2)OCO3)Cc2ccc(F)cc2)cc1. The van der Waals surface area contributed by atoms with Gasteiger partial charge in [-0.3, -0.25) is 9.59 Å². The lowest BCUT2D eigenvalue weighted by molar-refractivity contribution is -0.116. The van der Waals surface area contributed by atoms with Crippen LogP contribution in [0.15, 0.2) is 71.6 Å². The fourth-order valence-corrected chi connectivity index (χ4v) is 4.75. The molecule has 8 nitrogen and oxygen atoms in total. The number of Topliss-reactive ketones (excluding diaryl/α,β-unsaturated/α-hetero) is 1. The number of amides is 1. The number of ether oxygens (including phenoxy) is 2. The number of hydrogen-bond donors (Lipinski definition) is 1. The third-order valence-electron chi connectivity index (χ3n) is 5.15. The molecule has 0 saturated carbocycles. The van der Waals surface area contributed by atoms with Crippen LogP contribution in [-0.4, -0.2) is 37.8 Å². The summed E-state index contributed by atoms with van der Waals surface area (Å²) in [5, 5.41) is 2.66. The van der Waals surface area contributed by atoms with E-state index in [0.717, 1.165) is 4.31 Å². The Morgan fingerprint density at radius 3 is 2.32 bits per heavy atom. The number of ketones is 1. The Kier molecular flexibility index (Phi) is 6.62. The monoisotopic (exact) mass is 484 g/mol. The lowest BCUT2D eigenvalue weighted by Crippen LogP contribution is -2.37. The lowest BCUT2D eigenvalue weighted by atomic mass is 10.2. The molecule has 1 N–H and O–H groups in total. The molecule has 34 heavy (non-hydrogen) atoms. The van der Waals surface area contributed by atoms with Gasteiger partial charge in [-0.1, -0.05) is 24.3 Å². The van der Waals surface area contributed by atoms with Crippen LogP contribution in [0.25, 0.3) is 0 Å². The van der Waals surface area contributed by atoms with E-state index >= 15 is 0 Å². The molecule has 1 heterocycles. The Balaban J connectivity index is 1.58. The van der Waals surface area contributed by atoms with E-state index in [9.17, 15) is 22.4 Å². The molecule has 4 rings (SSSR count). The zero-order valence-corrected chi connectivity index (χ0v) is 19.0. The summed E-state index contributed by atoms with van der Waals surface area (Å²) >= 11 is 0. The van der Waals surface area contributed by atoms with Gasteiger partial charge in [-0.2, -0.15) is 4.31 Å². The van der Waals surface area contributed by atoms with Gasteiger partial charge in [0.15, 0.2) is 17.3 Å². The molecule has 0 bridgehead atoms. The van der Waals surface area contributed by atoms with Crippen LogP contribution in [-0.2, 0) is 21.4 Å². The second kappa shape index (κ2) is 9.62. The van der Waals surface area contributed by atoms with Gasteiger partial charge in [-0.25, -0.2) is 12.8 Å². The Hall–Kier alpha value is -3.76. The molecule has 0 saturated heterocycles. The summed E-state index contributed by atoms with van der Waals surface area (Å²) in [6.45, 7) is 0.803. The zero-order valence-electron chi connectivity index (χ0n) is 18.2. The van der Waals surface area contributed by atoms with Crippen molar-refractivity contribution in [3.8, 4) is 11.5 Å². The van der Waals surface area contributed by atoms with Crippen LogP contribution in [0, 0.1) is 5.82 Å². The van der Waals surface area contributed by atoms with Gasteiger partial charge in [0.05, 0.1) is 11.4 Å². The van der Waals surface area contributed by atoms with E-state index in [1.165, 1.54) is 55.5 Å². The Labute approximate surface area is 196 Å². The first-order valence-corrected chi connectivity index (χ1v) is 11.7. The van der Waals surface area contributed by atoms with E-state index in [1.807, 2.05) is 0 Å². The van der Waals surface area contributed by atoms with Gasteiger partial charge in [0.1, 0.15) is 5.82 Å². The number of halogens is 1. The number of rotatable bonds is 8. The standard InChI is InChI=1S/C24H21FN2O6S/c1-16(28)18-4-9-21(10-5-18)34(30,31)27(13-17-2-6-19(25)7-3-17)14-24(29)26-20-8-11-22-23(12-20)33-15-32-22/h2-12H,13-15H2,1H3,(H,26,29). The zero-order chi connectivity index (χ0) is 24.3. The maximum absolute atomic E-state index is 13.4. The molecule has 0 aromatic heterocycles. The summed E-state index contributed by atoms with van der Waals surface area (Å²) in [5.74, 6) is -0.217.